The Morgan fingerprint density at radius 2 is 2.12 bits per heavy atom. The summed E-state index contributed by atoms with van der Waals surface area (Å²) in [5.74, 6) is 1.20. The topological polar surface area (TPSA) is 32.3 Å². The van der Waals surface area contributed by atoms with Gasteiger partial charge in [0.05, 0.1) is 0 Å². The van der Waals surface area contributed by atoms with E-state index in [0.717, 1.165) is 18.4 Å². The Kier molecular flexibility index (Phi) is 2.60. The van der Waals surface area contributed by atoms with E-state index in [0.29, 0.717) is 5.75 Å². The van der Waals surface area contributed by atoms with Gasteiger partial charge in [0.15, 0.2) is 0 Å². The van der Waals surface area contributed by atoms with Gasteiger partial charge >= 0.3 is 0 Å². The van der Waals surface area contributed by atoms with Gasteiger partial charge in [0, 0.05) is 6.04 Å². The first kappa shape index (κ1) is 10.2. The summed E-state index contributed by atoms with van der Waals surface area (Å²) in [4.78, 5) is 0. The first-order valence-corrected chi connectivity index (χ1v) is 6.35. The van der Waals surface area contributed by atoms with Crippen LogP contribution in [0.5, 0.6) is 5.75 Å². The molecule has 1 aromatic rings. The molecular weight excluding hydrogens is 198 g/mol. The molecule has 1 aromatic carbocycles. The lowest BCUT2D eigenvalue weighted by molar-refractivity contribution is 0.425. The molecule has 1 aliphatic heterocycles. The molecular formula is C14H19NO. The summed E-state index contributed by atoms with van der Waals surface area (Å²) in [6, 6.07) is 6.59. The van der Waals surface area contributed by atoms with Crippen LogP contribution in [-0.4, -0.2) is 17.7 Å². The molecule has 0 aromatic heterocycles. The third-order valence-electron chi connectivity index (χ3n) is 3.99. The van der Waals surface area contributed by atoms with Crippen LogP contribution < -0.4 is 5.32 Å². The largest absolute Gasteiger partial charge is 0.508 e. The second-order valence-corrected chi connectivity index (χ2v) is 5.26. The van der Waals surface area contributed by atoms with E-state index >= 15 is 0 Å². The Morgan fingerprint density at radius 3 is 2.94 bits per heavy atom. The van der Waals surface area contributed by atoms with E-state index in [1.165, 1.54) is 43.4 Å². The van der Waals surface area contributed by atoms with Crippen LogP contribution >= 0.6 is 0 Å². The normalized spacial score (nSPS) is 28.2. The Bertz CT molecular complexity index is 382. The standard InChI is InChI=1S/C14H19NO/c16-14-4-3-11-6-10(7-12(11)9-14)8-13-2-1-5-15-13/h3-4,9-10,13,15-16H,1-2,5-8H2. The van der Waals surface area contributed by atoms with Crippen molar-refractivity contribution in [2.45, 2.75) is 38.1 Å². The summed E-state index contributed by atoms with van der Waals surface area (Å²) >= 11 is 0. The van der Waals surface area contributed by atoms with Crippen LogP contribution in [0.3, 0.4) is 0 Å². The number of nitrogens with one attached hydrogen (secondary N) is 1. The van der Waals surface area contributed by atoms with Crippen molar-refractivity contribution >= 4 is 0 Å². The molecule has 2 N–H and O–H groups in total. The van der Waals surface area contributed by atoms with Crippen molar-refractivity contribution in [3.05, 3.63) is 29.3 Å². The van der Waals surface area contributed by atoms with Crippen molar-refractivity contribution in [1.82, 2.24) is 5.32 Å². The monoisotopic (exact) mass is 217 g/mol. The van der Waals surface area contributed by atoms with Gasteiger partial charge in [0.2, 0.25) is 0 Å². The van der Waals surface area contributed by atoms with E-state index in [4.69, 9.17) is 0 Å². The minimum absolute atomic E-state index is 0.415. The summed E-state index contributed by atoms with van der Waals surface area (Å²) < 4.78 is 0. The van der Waals surface area contributed by atoms with Crippen molar-refractivity contribution in [3.63, 3.8) is 0 Å². The Morgan fingerprint density at radius 1 is 1.25 bits per heavy atom. The third kappa shape index (κ3) is 1.94. The van der Waals surface area contributed by atoms with Gasteiger partial charge in [-0.15, -0.1) is 0 Å². The number of hydrogen-bond donors (Lipinski definition) is 2. The van der Waals surface area contributed by atoms with Crippen LogP contribution in [0.25, 0.3) is 0 Å². The molecule has 1 fully saturated rings. The smallest absolute Gasteiger partial charge is 0.115 e. The van der Waals surface area contributed by atoms with Gasteiger partial charge in [-0.25, -0.2) is 0 Å². The zero-order valence-electron chi connectivity index (χ0n) is 9.58. The van der Waals surface area contributed by atoms with E-state index < -0.39 is 0 Å². The molecule has 2 unspecified atom stereocenters. The van der Waals surface area contributed by atoms with E-state index in [2.05, 4.69) is 11.4 Å². The highest BCUT2D eigenvalue weighted by atomic mass is 16.3. The summed E-state index contributed by atoms with van der Waals surface area (Å²) in [6.45, 7) is 1.20. The predicted octanol–water partition coefficient (Wildman–Crippen LogP) is 2.25. The maximum atomic E-state index is 9.45. The Balaban J connectivity index is 1.65. The van der Waals surface area contributed by atoms with Crippen LogP contribution in [0.4, 0.5) is 0 Å². The van der Waals surface area contributed by atoms with Gasteiger partial charge in [-0.2, -0.15) is 0 Å². The van der Waals surface area contributed by atoms with Gasteiger partial charge in [0.1, 0.15) is 5.75 Å². The molecule has 1 aliphatic carbocycles. The first-order valence-electron chi connectivity index (χ1n) is 6.35. The lowest BCUT2D eigenvalue weighted by atomic mass is 9.96. The number of fused-ring (bicyclic) bond motifs is 1. The molecule has 86 valence electrons. The molecule has 2 atom stereocenters. The number of phenols is 1. The first-order chi connectivity index (χ1) is 7.81. The highest BCUT2D eigenvalue weighted by Gasteiger charge is 2.25. The number of aromatic hydroxyl groups is 1. The van der Waals surface area contributed by atoms with Gasteiger partial charge in [-0.05, 0) is 67.8 Å². The van der Waals surface area contributed by atoms with Crippen LogP contribution in [-0.2, 0) is 12.8 Å². The predicted molar refractivity (Wildman–Crippen MR) is 64.6 cm³/mol. The molecule has 0 amide bonds. The summed E-state index contributed by atoms with van der Waals surface area (Å²) in [7, 11) is 0. The molecule has 2 aliphatic rings. The van der Waals surface area contributed by atoms with Gasteiger partial charge in [-0.1, -0.05) is 6.07 Å². The third-order valence-corrected chi connectivity index (χ3v) is 3.99. The van der Waals surface area contributed by atoms with E-state index in [9.17, 15) is 5.11 Å². The summed E-state index contributed by atoms with van der Waals surface area (Å²) in [6.07, 6.45) is 6.34. The van der Waals surface area contributed by atoms with Crippen molar-refractivity contribution < 1.29 is 5.11 Å². The second kappa shape index (κ2) is 4.10. The fourth-order valence-electron chi connectivity index (χ4n) is 3.22. The number of rotatable bonds is 2. The SMILES string of the molecule is Oc1ccc2c(c1)CC(CC1CCCN1)C2. The van der Waals surface area contributed by atoms with E-state index in [1.54, 1.807) is 0 Å². The zero-order chi connectivity index (χ0) is 11.0. The van der Waals surface area contributed by atoms with Crippen molar-refractivity contribution in [1.29, 1.82) is 0 Å². The highest BCUT2D eigenvalue weighted by Crippen LogP contribution is 2.32. The molecule has 2 nitrogen and oxygen atoms in total. The maximum Gasteiger partial charge on any atom is 0.115 e. The van der Waals surface area contributed by atoms with Crippen molar-refractivity contribution in [2.75, 3.05) is 6.54 Å². The average molecular weight is 217 g/mol. The summed E-state index contributed by atoms with van der Waals surface area (Å²) in [5.41, 5.74) is 2.81. The van der Waals surface area contributed by atoms with Crippen LogP contribution in [0.2, 0.25) is 0 Å². The molecule has 1 heterocycles. The fourth-order valence-corrected chi connectivity index (χ4v) is 3.22. The number of phenolic OH excluding ortho intramolecular Hbond substituents is 1. The van der Waals surface area contributed by atoms with Crippen LogP contribution in [0.15, 0.2) is 18.2 Å². The average Bonchev–Trinajstić information content (AvgIpc) is 2.86. The van der Waals surface area contributed by atoms with Crippen molar-refractivity contribution in [2.24, 2.45) is 5.92 Å². The minimum Gasteiger partial charge on any atom is -0.508 e. The second-order valence-electron chi connectivity index (χ2n) is 5.26. The van der Waals surface area contributed by atoms with Crippen LogP contribution in [0, 0.1) is 5.92 Å². The lowest BCUT2D eigenvalue weighted by Gasteiger charge is -2.15. The van der Waals surface area contributed by atoms with Crippen molar-refractivity contribution in [3.8, 4) is 5.75 Å². The molecule has 0 bridgehead atoms. The number of benzene rings is 1. The minimum atomic E-state index is 0.415. The van der Waals surface area contributed by atoms with Gasteiger partial charge in [0.25, 0.3) is 0 Å². The Labute approximate surface area is 96.7 Å². The summed E-state index contributed by atoms with van der Waals surface area (Å²) in [5, 5.41) is 13.0. The van der Waals surface area contributed by atoms with E-state index in [1.807, 2.05) is 12.1 Å². The number of hydrogen-bond acceptors (Lipinski definition) is 2. The molecule has 1 saturated heterocycles. The molecule has 0 spiro atoms. The highest BCUT2D eigenvalue weighted by molar-refractivity contribution is 5.38. The molecule has 2 heteroatoms. The lowest BCUT2D eigenvalue weighted by Crippen LogP contribution is -2.24. The van der Waals surface area contributed by atoms with E-state index in [-0.39, 0.29) is 0 Å². The quantitative estimate of drug-likeness (QED) is 0.796. The molecule has 0 saturated carbocycles. The molecule has 3 rings (SSSR count). The van der Waals surface area contributed by atoms with Crippen LogP contribution in [0.1, 0.15) is 30.4 Å². The molecule has 0 radical (unpaired) electrons. The van der Waals surface area contributed by atoms with Gasteiger partial charge < -0.3 is 10.4 Å². The van der Waals surface area contributed by atoms with Gasteiger partial charge in [-0.3, -0.25) is 0 Å². The Hall–Kier alpha value is -1.02. The maximum absolute atomic E-state index is 9.45. The molecule has 16 heavy (non-hydrogen) atoms. The fraction of sp³-hybridized carbons (Fsp3) is 0.571. The zero-order valence-corrected chi connectivity index (χ0v) is 9.58.